The second-order valence-electron chi connectivity index (χ2n) is 5.79. The van der Waals surface area contributed by atoms with Crippen molar-refractivity contribution < 1.29 is 9.53 Å². The van der Waals surface area contributed by atoms with Crippen LogP contribution in [-0.2, 0) is 11.2 Å². The Hall–Kier alpha value is -2.90. The number of amides is 1. The molecule has 3 rings (SSSR count). The fourth-order valence-corrected chi connectivity index (χ4v) is 2.67. The zero-order valence-electron chi connectivity index (χ0n) is 14.3. The van der Waals surface area contributed by atoms with Crippen LogP contribution >= 0.6 is 0 Å². The summed E-state index contributed by atoms with van der Waals surface area (Å²) in [5, 5.41) is 11.4. The number of methoxy groups -OCH3 is 1. The molecule has 25 heavy (non-hydrogen) atoms. The summed E-state index contributed by atoms with van der Waals surface area (Å²) in [5.41, 5.74) is 1.22. The van der Waals surface area contributed by atoms with Crippen molar-refractivity contribution in [1.29, 1.82) is 0 Å². The Labute approximate surface area is 146 Å². The molecule has 1 aromatic heterocycles. The Morgan fingerprint density at radius 1 is 1.20 bits per heavy atom. The number of carbonyl (C=O) groups is 1. The molecule has 1 aliphatic rings. The van der Waals surface area contributed by atoms with Crippen molar-refractivity contribution in [3.8, 4) is 5.75 Å². The molecular weight excluding hydrogens is 320 g/mol. The summed E-state index contributed by atoms with van der Waals surface area (Å²) in [6.45, 7) is 3.55. The molecule has 8 heteroatoms. The summed E-state index contributed by atoms with van der Waals surface area (Å²) in [4.78, 5) is 19.1. The Morgan fingerprint density at radius 2 is 1.96 bits per heavy atom. The minimum Gasteiger partial charge on any atom is -0.497 e. The molecule has 0 aliphatic carbocycles. The minimum atomic E-state index is 0.597. The lowest BCUT2D eigenvalue weighted by molar-refractivity contribution is -0.118. The van der Waals surface area contributed by atoms with E-state index in [0.29, 0.717) is 24.9 Å². The first-order valence-electron chi connectivity index (χ1n) is 8.29. The summed E-state index contributed by atoms with van der Waals surface area (Å²) in [6, 6.07) is 8.02. The van der Waals surface area contributed by atoms with E-state index < -0.39 is 0 Å². The Balaban J connectivity index is 1.52. The van der Waals surface area contributed by atoms with Crippen LogP contribution in [0.15, 0.2) is 30.5 Å². The van der Waals surface area contributed by atoms with Crippen LogP contribution in [0.3, 0.4) is 0 Å². The van der Waals surface area contributed by atoms with Gasteiger partial charge in [-0.3, -0.25) is 4.79 Å². The average molecular weight is 342 g/mol. The highest BCUT2D eigenvalue weighted by atomic mass is 16.5. The molecule has 0 spiro atoms. The SMILES string of the molecule is COc1ccc(CCNc2cnnc(N3CCN(C=O)CC3)n2)cc1. The number of nitrogens with one attached hydrogen (secondary N) is 1. The number of carbonyl (C=O) groups excluding carboxylic acids is 1. The third-order valence-corrected chi connectivity index (χ3v) is 4.17. The van der Waals surface area contributed by atoms with Crippen LogP contribution in [0.25, 0.3) is 0 Å². The third kappa shape index (κ3) is 4.56. The smallest absolute Gasteiger partial charge is 0.247 e. The van der Waals surface area contributed by atoms with E-state index in [1.165, 1.54) is 5.56 Å². The molecule has 1 fully saturated rings. The largest absolute Gasteiger partial charge is 0.497 e. The number of rotatable bonds is 7. The molecule has 2 aromatic rings. The van der Waals surface area contributed by atoms with Crippen LogP contribution in [0.2, 0.25) is 0 Å². The lowest BCUT2D eigenvalue weighted by Gasteiger charge is -2.32. The van der Waals surface area contributed by atoms with E-state index in [0.717, 1.165) is 38.2 Å². The lowest BCUT2D eigenvalue weighted by atomic mass is 10.1. The number of ether oxygens (including phenoxy) is 1. The molecular formula is C17H22N6O2. The molecule has 1 aromatic carbocycles. The number of hydrogen-bond donors (Lipinski definition) is 1. The predicted octanol–water partition coefficient (Wildman–Crippen LogP) is 0.813. The summed E-state index contributed by atoms with van der Waals surface area (Å²) in [5.74, 6) is 2.16. The molecule has 0 radical (unpaired) electrons. The number of nitrogens with zero attached hydrogens (tertiary/aromatic N) is 5. The summed E-state index contributed by atoms with van der Waals surface area (Å²) in [7, 11) is 1.66. The highest BCUT2D eigenvalue weighted by Crippen LogP contribution is 2.13. The maximum atomic E-state index is 10.8. The average Bonchev–Trinajstić information content (AvgIpc) is 2.69. The van der Waals surface area contributed by atoms with E-state index in [-0.39, 0.29) is 0 Å². The van der Waals surface area contributed by atoms with Gasteiger partial charge in [0, 0.05) is 32.7 Å². The van der Waals surface area contributed by atoms with Gasteiger partial charge in [0.05, 0.1) is 13.3 Å². The highest BCUT2D eigenvalue weighted by molar-refractivity contribution is 5.48. The standard InChI is InChI=1S/C17H22N6O2/c1-25-15-4-2-14(3-5-15)6-7-18-16-12-19-21-17(20-16)23-10-8-22(13-24)9-11-23/h2-5,12-13H,6-11H2,1H3,(H,18,20,21). The first kappa shape index (κ1) is 16.9. The van der Waals surface area contributed by atoms with Crippen LogP contribution in [0.5, 0.6) is 5.75 Å². The van der Waals surface area contributed by atoms with Crippen molar-refractivity contribution >= 4 is 18.2 Å². The zero-order chi connectivity index (χ0) is 17.5. The van der Waals surface area contributed by atoms with E-state index in [9.17, 15) is 4.79 Å². The number of hydrogen-bond acceptors (Lipinski definition) is 7. The predicted molar refractivity (Wildman–Crippen MR) is 94.9 cm³/mol. The zero-order valence-corrected chi connectivity index (χ0v) is 14.3. The van der Waals surface area contributed by atoms with E-state index >= 15 is 0 Å². The number of aromatic nitrogens is 3. The lowest BCUT2D eigenvalue weighted by Crippen LogP contribution is -2.46. The van der Waals surface area contributed by atoms with E-state index in [2.05, 4.69) is 32.6 Å². The topological polar surface area (TPSA) is 83.5 Å². The van der Waals surface area contributed by atoms with Crippen LogP contribution in [0.1, 0.15) is 5.56 Å². The summed E-state index contributed by atoms with van der Waals surface area (Å²) >= 11 is 0. The van der Waals surface area contributed by atoms with Gasteiger partial charge in [-0.05, 0) is 24.1 Å². The second kappa shape index (κ2) is 8.27. The molecule has 1 aliphatic heterocycles. The quantitative estimate of drug-likeness (QED) is 0.746. The summed E-state index contributed by atoms with van der Waals surface area (Å²) < 4.78 is 5.16. The van der Waals surface area contributed by atoms with Crippen molar-refractivity contribution in [1.82, 2.24) is 20.1 Å². The maximum absolute atomic E-state index is 10.8. The highest BCUT2D eigenvalue weighted by Gasteiger charge is 2.18. The van der Waals surface area contributed by atoms with Crippen LogP contribution < -0.4 is 15.0 Å². The van der Waals surface area contributed by atoms with Crippen molar-refractivity contribution in [2.75, 3.05) is 50.1 Å². The molecule has 2 heterocycles. The van der Waals surface area contributed by atoms with E-state index in [1.807, 2.05) is 17.0 Å². The van der Waals surface area contributed by atoms with Gasteiger partial charge in [0.1, 0.15) is 5.75 Å². The third-order valence-electron chi connectivity index (χ3n) is 4.17. The normalized spacial score (nSPS) is 14.3. The van der Waals surface area contributed by atoms with Gasteiger partial charge in [-0.2, -0.15) is 10.1 Å². The van der Waals surface area contributed by atoms with Crippen molar-refractivity contribution in [2.24, 2.45) is 0 Å². The van der Waals surface area contributed by atoms with Gasteiger partial charge in [0.15, 0.2) is 5.82 Å². The number of benzene rings is 1. The molecule has 0 unspecified atom stereocenters. The molecule has 1 amide bonds. The molecule has 132 valence electrons. The van der Waals surface area contributed by atoms with Gasteiger partial charge in [-0.25, -0.2) is 0 Å². The molecule has 0 bridgehead atoms. The van der Waals surface area contributed by atoms with Gasteiger partial charge in [-0.1, -0.05) is 12.1 Å². The molecule has 8 nitrogen and oxygen atoms in total. The first-order valence-corrected chi connectivity index (χ1v) is 8.29. The maximum Gasteiger partial charge on any atom is 0.247 e. The fourth-order valence-electron chi connectivity index (χ4n) is 2.67. The number of anilines is 2. The Morgan fingerprint density at radius 3 is 2.64 bits per heavy atom. The summed E-state index contributed by atoms with van der Waals surface area (Å²) in [6.07, 6.45) is 3.38. The van der Waals surface area contributed by atoms with Gasteiger partial charge in [0.2, 0.25) is 12.4 Å². The van der Waals surface area contributed by atoms with Crippen molar-refractivity contribution in [3.63, 3.8) is 0 Å². The van der Waals surface area contributed by atoms with Gasteiger partial charge in [-0.15, -0.1) is 5.10 Å². The minimum absolute atomic E-state index is 0.597. The molecule has 1 saturated heterocycles. The molecule has 0 saturated carbocycles. The van der Waals surface area contributed by atoms with Crippen LogP contribution in [-0.4, -0.2) is 66.3 Å². The van der Waals surface area contributed by atoms with Crippen molar-refractivity contribution in [3.05, 3.63) is 36.0 Å². The Kier molecular flexibility index (Phi) is 5.61. The van der Waals surface area contributed by atoms with E-state index in [1.54, 1.807) is 18.2 Å². The second-order valence-corrected chi connectivity index (χ2v) is 5.79. The van der Waals surface area contributed by atoms with Crippen molar-refractivity contribution in [2.45, 2.75) is 6.42 Å². The van der Waals surface area contributed by atoms with E-state index in [4.69, 9.17) is 4.74 Å². The van der Waals surface area contributed by atoms with Crippen LogP contribution in [0.4, 0.5) is 11.8 Å². The van der Waals surface area contributed by atoms with Gasteiger partial charge in [0.25, 0.3) is 0 Å². The van der Waals surface area contributed by atoms with Gasteiger partial charge < -0.3 is 19.9 Å². The van der Waals surface area contributed by atoms with Crippen LogP contribution in [0, 0.1) is 0 Å². The molecule has 0 atom stereocenters. The fraction of sp³-hybridized carbons (Fsp3) is 0.412. The first-order chi connectivity index (χ1) is 12.3. The number of piperazine rings is 1. The monoisotopic (exact) mass is 342 g/mol. The Bertz CT molecular complexity index is 686. The molecule has 1 N–H and O–H groups in total. The van der Waals surface area contributed by atoms with Gasteiger partial charge >= 0.3 is 0 Å².